The molecule has 324 valence electrons. The summed E-state index contributed by atoms with van der Waals surface area (Å²) in [6.07, 6.45) is 17.2. The zero-order chi connectivity index (χ0) is 41.6. The van der Waals surface area contributed by atoms with Crippen LogP contribution in [0.25, 0.3) is 0 Å². The first kappa shape index (κ1) is 45.1. The van der Waals surface area contributed by atoms with Gasteiger partial charge >= 0.3 is 0 Å². The fourth-order valence-corrected chi connectivity index (χ4v) is 10.6. The molecule has 0 spiro atoms. The van der Waals surface area contributed by atoms with E-state index in [4.69, 9.17) is 28.9 Å². The minimum atomic E-state index is -1.34. The second-order valence-corrected chi connectivity index (χ2v) is 17.2. The molecule has 12 heteroatoms. The normalized spacial score (nSPS) is 25.5. The Labute approximate surface area is 355 Å². The van der Waals surface area contributed by atoms with Crippen LogP contribution >= 0.6 is 11.8 Å². The molecule has 0 radical (unpaired) electrons. The first-order chi connectivity index (χ1) is 28.9. The summed E-state index contributed by atoms with van der Waals surface area (Å²) in [7, 11) is 1.56. The van der Waals surface area contributed by atoms with Gasteiger partial charge in [-0.05, 0) is 104 Å². The number of amides is 1. The number of benzene rings is 2. The molecule has 2 aromatic carbocycles. The molecule has 0 aromatic heterocycles. The van der Waals surface area contributed by atoms with Crippen molar-refractivity contribution in [3.63, 3.8) is 0 Å². The number of fused-ring (bicyclic) bond motifs is 2. The third-order valence-electron chi connectivity index (χ3n) is 12.8. The molecule has 2 aromatic rings. The van der Waals surface area contributed by atoms with Crippen LogP contribution in [-0.2, 0) is 19.1 Å². The van der Waals surface area contributed by atoms with E-state index in [0.717, 1.165) is 72.4 Å². The second-order valence-electron chi connectivity index (χ2n) is 16.3. The van der Waals surface area contributed by atoms with E-state index in [2.05, 4.69) is 18.7 Å². The molecule has 6 unspecified atom stereocenters. The van der Waals surface area contributed by atoms with Crippen molar-refractivity contribution in [3.8, 4) is 17.2 Å². The number of hydrogen-bond donors (Lipinski definition) is 3. The van der Waals surface area contributed by atoms with Gasteiger partial charge in [0.15, 0.2) is 0 Å². The first-order valence-electron chi connectivity index (χ1n) is 21.8. The summed E-state index contributed by atoms with van der Waals surface area (Å²) in [5.41, 5.74) is 2.74. The van der Waals surface area contributed by atoms with Crippen LogP contribution in [0.5, 0.6) is 17.2 Å². The van der Waals surface area contributed by atoms with Gasteiger partial charge in [-0.1, -0.05) is 55.8 Å². The Bertz CT molecular complexity index is 1710. The maximum absolute atomic E-state index is 14.7. The third kappa shape index (κ3) is 10.7. The van der Waals surface area contributed by atoms with E-state index in [9.17, 15) is 20.1 Å². The fourth-order valence-electron chi connectivity index (χ4n) is 10.2. The molecule has 2 saturated carbocycles. The Balaban J connectivity index is 1.52. The second kappa shape index (κ2) is 22.5. The molecule has 3 aliphatic carbocycles. The van der Waals surface area contributed by atoms with Crippen molar-refractivity contribution >= 4 is 23.4 Å². The largest absolute Gasteiger partial charge is 0.459 e. The highest BCUT2D eigenvalue weighted by Crippen LogP contribution is 2.62. The number of aliphatic hydroxyl groups excluding tert-OH is 3. The van der Waals surface area contributed by atoms with E-state index in [1.54, 1.807) is 24.9 Å². The number of oxime groups is 1. The standard InChI is InChI=1S/C47H66N2O9S/c1-4-27-56-47-43(49(23-28-55-29-26-52)44(53)22-15-33-11-5-6-12-33)32-41(48-54-2)39-30-34(13-7-9-24-50)38(14-8-10-25-51)45(46(39)47)40-31-36(18-21-42(40)58-47)57-35-16-19-37(59-3)20-17-35/h4,16-21,30-31,33-34,38,43,45-46,50-52H,1,5-15,22-29,32H2,2-3H3. The Morgan fingerprint density at radius 2 is 1.73 bits per heavy atom. The molecule has 11 nitrogen and oxygen atoms in total. The maximum Gasteiger partial charge on any atom is 0.239 e. The summed E-state index contributed by atoms with van der Waals surface area (Å²) in [6.45, 7) is 5.05. The van der Waals surface area contributed by atoms with Crippen LogP contribution in [0.3, 0.4) is 0 Å². The summed E-state index contributed by atoms with van der Waals surface area (Å²) in [4.78, 5) is 23.4. The number of carbonyl (C=O) groups is 1. The zero-order valence-electron chi connectivity index (χ0n) is 35.1. The lowest BCUT2D eigenvalue weighted by Crippen LogP contribution is -2.70. The highest BCUT2D eigenvalue weighted by Gasteiger charge is 2.65. The van der Waals surface area contributed by atoms with E-state index in [1.165, 1.54) is 12.8 Å². The number of nitrogens with zero attached hydrogens (tertiary/aromatic N) is 2. The van der Waals surface area contributed by atoms with Gasteiger partial charge in [-0.2, -0.15) is 0 Å². The molecule has 4 aliphatic rings. The monoisotopic (exact) mass is 834 g/mol. The number of rotatable bonds is 24. The van der Waals surface area contributed by atoms with Gasteiger partial charge in [0.2, 0.25) is 11.7 Å². The molecule has 59 heavy (non-hydrogen) atoms. The number of hydrogen-bond acceptors (Lipinski definition) is 11. The maximum atomic E-state index is 14.7. The smallest absolute Gasteiger partial charge is 0.239 e. The summed E-state index contributed by atoms with van der Waals surface area (Å²) < 4.78 is 26.8. The number of carbonyl (C=O) groups excluding carboxylic acids is 1. The van der Waals surface area contributed by atoms with Gasteiger partial charge in [0.25, 0.3) is 0 Å². The van der Waals surface area contributed by atoms with Crippen molar-refractivity contribution < 1.29 is 43.9 Å². The zero-order valence-corrected chi connectivity index (χ0v) is 35.9. The molecule has 0 bridgehead atoms. The van der Waals surface area contributed by atoms with Crippen molar-refractivity contribution in [3.05, 3.63) is 72.3 Å². The van der Waals surface area contributed by atoms with E-state index in [1.807, 2.05) is 47.6 Å². The van der Waals surface area contributed by atoms with Crippen LogP contribution < -0.4 is 9.47 Å². The summed E-state index contributed by atoms with van der Waals surface area (Å²) in [6, 6.07) is 13.5. The minimum Gasteiger partial charge on any atom is -0.459 e. The van der Waals surface area contributed by atoms with Crippen LogP contribution in [0, 0.1) is 23.7 Å². The molecular weight excluding hydrogens is 769 g/mol. The molecule has 0 saturated heterocycles. The SMILES string of the molecule is C=CCOC12Oc3ccc(Oc4ccc(SC)cc4)cc3C3C(CCCCO)C(CCCCO)C=C(C(=NOC)CC1N(CCOCCO)C(=O)CCC1CCCC1)C32. The van der Waals surface area contributed by atoms with Crippen LogP contribution in [-0.4, -0.2) is 103 Å². The van der Waals surface area contributed by atoms with Gasteiger partial charge < -0.3 is 44.0 Å². The molecular formula is C47H66N2O9S. The van der Waals surface area contributed by atoms with Crippen molar-refractivity contribution in [1.82, 2.24) is 4.90 Å². The van der Waals surface area contributed by atoms with Crippen molar-refractivity contribution in [1.29, 1.82) is 0 Å². The highest BCUT2D eigenvalue weighted by atomic mass is 32.2. The van der Waals surface area contributed by atoms with Crippen LogP contribution in [0.4, 0.5) is 0 Å². The van der Waals surface area contributed by atoms with Gasteiger partial charge in [-0.3, -0.25) is 4.79 Å². The van der Waals surface area contributed by atoms with Crippen molar-refractivity contribution in [2.24, 2.45) is 28.8 Å². The molecule has 1 amide bonds. The van der Waals surface area contributed by atoms with Crippen LogP contribution in [0.15, 0.2) is 76.8 Å². The lowest BCUT2D eigenvalue weighted by molar-refractivity contribution is -0.258. The molecule has 6 atom stereocenters. The number of aliphatic hydroxyl groups is 3. The summed E-state index contributed by atoms with van der Waals surface area (Å²) in [5, 5.41) is 34.1. The molecule has 2 fully saturated rings. The average Bonchev–Trinajstić information content (AvgIpc) is 3.78. The first-order valence-corrected chi connectivity index (χ1v) is 23.0. The lowest BCUT2D eigenvalue weighted by Gasteiger charge is -2.60. The third-order valence-corrected chi connectivity index (χ3v) is 13.5. The Morgan fingerprint density at radius 1 is 0.983 bits per heavy atom. The molecule has 1 aliphatic heterocycles. The highest BCUT2D eigenvalue weighted by molar-refractivity contribution is 7.98. The predicted octanol–water partition coefficient (Wildman–Crippen LogP) is 8.27. The average molecular weight is 835 g/mol. The van der Waals surface area contributed by atoms with Gasteiger partial charge in [-0.25, -0.2) is 0 Å². The van der Waals surface area contributed by atoms with E-state index in [-0.39, 0.29) is 69.8 Å². The quantitative estimate of drug-likeness (QED) is 0.0410. The van der Waals surface area contributed by atoms with E-state index < -0.39 is 17.7 Å². The topological polar surface area (TPSA) is 140 Å². The number of thioether (sulfide) groups is 1. The van der Waals surface area contributed by atoms with E-state index in [0.29, 0.717) is 43.1 Å². The lowest BCUT2D eigenvalue weighted by atomic mass is 9.55. The van der Waals surface area contributed by atoms with Crippen LogP contribution in [0.2, 0.25) is 0 Å². The van der Waals surface area contributed by atoms with Gasteiger partial charge in [0.05, 0.1) is 38.1 Å². The minimum absolute atomic E-state index is 0.0136. The fraction of sp³-hybridized carbons (Fsp3) is 0.617. The molecule has 3 N–H and O–H groups in total. The van der Waals surface area contributed by atoms with Crippen molar-refractivity contribution in [2.75, 3.05) is 59.6 Å². The van der Waals surface area contributed by atoms with Crippen molar-refractivity contribution in [2.45, 2.75) is 106 Å². The predicted molar refractivity (Wildman–Crippen MR) is 231 cm³/mol. The summed E-state index contributed by atoms with van der Waals surface area (Å²) >= 11 is 1.68. The summed E-state index contributed by atoms with van der Waals surface area (Å²) in [5.74, 6) is 0.960. The van der Waals surface area contributed by atoms with Crippen LogP contribution in [0.1, 0.15) is 95.0 Å². The van der Waals surface area contributed by atoms with Gasteiger partial charge in [0.1, 0.15) is 30.4 Å². The van der Waals surface area contributed by atoms with E-state index >= 15 is 0 Å². The molecule has 1 heterocycles. The Morgan fingerprint density at radius 3 is 2.42 bits per heavy atom. The number of allylic oxidation sites excluding steroid dienone is 1. The molecule has 6 rings (SSSR count). The Kier molecular flexibility index (Phi) is 17.2. The van der Waals surface area contributed by atoms with Gasteiger partial charge in [-0.15, -0.1) is 18.3 Å². The Hall–Kier alpha value is -3.39. The van der Waals surface area contributed by atoms with Gasteiger partial charge in [0, 0.05) is 49.0 Å². The number of ether oxygens (including phenoxy) is 4. The number of unbranched alkanes of at least 4 members (excludes halogenated alkanes) is 2.